The Balaban J connectivity index is 2.36. The molecule has 0 aliphatic carbocycles. The van der Waals surface area contributed by atoms with E-state index in [-0.39, 0.29) is 0 Å². The van der Waals surface area contributed by atoms with Crippen LogP contribution in [0.3, 0.4) is 0 Å². The Labute approximate surface area is 119 Å². The van der Waals surface area contributed by atoms with Crippen molar-refractivity contribution in [1.29, 1.82) is 0 Å². The fourth-order valence-electron chi connectivity index (χ4n) is 3.10. The largest absolute Gasteiger partial charge is 0.396 e. The maximum absolute atomic E-state index is 9.18. The molecule has 1 aliphatic heterocycles. The third-order valence-corrected chi connectivity index (χ3v) is 4.45. The minimum absolute atomic E-state index is 0.295. The van der Waals surface area contributed by atoms with Crippen molar-refractivity contribution < 1.29 is 5.11 Å². The summed E-state index contributed by atoms with van der Waals surface area (Å²) in [7, 11) is 0. The third-order valence-electron chi connectivity index (χ3n) is 4.45. The van der Waals surface area contributed by atoms with Crippen LogP contribution in [-0.4, -0.2) is 48.8 Å². The molecule has 0 amide bonds. The maximum Gasteiger partial charge on any atom is 0.0446 e. The van der Waals surface area contributed by atoms with Gasteiger partial charge in [-0.05, 0) is 63.6 Å². The summed E-state index contributed by atoms with van der Waals surface area (Å²) >= 11 is 0. The van der Waals surface area contributed by atoms with Crippen LogP contribution < -0.4 is 5.32 Å². The van der Waals surface area contributed by atoms with E-state index in [2.05, 4.69) is 31.0 Å². The molecule has 0 aromatic carbocycles. The molecule has 0 aromatic rings. The van der Waals surface area contributed by atoms with E-state index >= 15 is 0 Å². The lowest BCUT2D eigenvalue weighted by atomic mass is 9.89. The van der Waals surface area contributed by atoms with E-state index in [9.17, 15) is 5.11 Å². The van der Waals surface area contributed by atoms with E-state index in [4.69, 9.17) is 0 Å². The third kappa shape index (κ3) is 6.73. The molecule has 19 heavy (non-hydrogen) atoms. The molecule has 2 N–H and O–H groups in total. The minimum Gasteiger partial charge on any atom is -0.396 e. The molecular formula is C16H34N2O. The molecule has 2 atom stereocenters. The summed E-state index contributed by atoms with van der Waals surface area (Å²) in [5.74, 6) is 1.73. The highest BCUT2D eigenvalue weighted by Gasteiger charge is 2.21. The van der Waals surface area contributed by atoms with Gasteiger partial charge in [0.15, 0.2) is 0 Å². The highest BCUT2D eigenvalue weighted by atomic mass is 16.3. The van der Waals surface area contributed by atoms with Gasteiger partial charge in [-0.1, -0.05) is 20.8 Å². The molecule has 3 nitrogen and oxygen atoms in total. The monoisotopic (exact) mass is 270 g/mol. The number of aliphatic hydroxyl groups excluding tert-OH is 1. The van der Waals surface area contributed by atoms with E-state index in [0.29, 0.717) is 12.6 Å². The average Bonchev–Trinajstić information content (AvgIpc) is 2.62. The van der Waals surface area contributed by atoms with Gasteiger partial charge in [0.25, 0.3) is 0 Å². The number of nitrogens with one attached hydrogen (secondary N) is 1. The Hall–Kier alpha value is -0.120. The molecule has 0 spiro atoms. The summed E-state index contributed by atoms with van der Waals surface area (Å²) in [5, 5.41) is 12.7. The van der Waals surface area contributed by atoms with Gasteiger partial charge >= 0.3 is 0 Å². The second-order valence-electron chi connectivity index (χ2n) is 6.40. The van der Waals surface area contributed by atoms with Gasteiger partial charge < -0.3 is 15.3 Å². The van der Waals surface area contributed by atoms with Crippen molar-refractivity contribution in [1.82, 2.24) is 10.2 Å². The van der Waals surface area contributed by atoms with Gasteiger partial charge in [0, 0.05) is 19.2 Å². The van der Waals surface area contributed by atoms with Crippen molar-refractivity contribution in [2.75, 3.05) is 32.8 Å². The molecule has 0 aromatic heterocycles. The molecular weight excluding hydrogens is 236 g/mol. The molecule has 0 bridgehead atoms. The number of nitrogens with zero attached hydrogens (tertiary/aromatic N) is 1. The maximum atomic E-state index is 9.18. The van der Waals surface area contributed by atoms with E-state index in [0.717, 1.165) is 37.8 Å². The number of aliphatic hydroxyl groups is 1. The minimum atomic E-state index is 0.295. The smallest absolute Gasteiger partial charge is 0.0446 e. The first kappa shape index (κ1) is 16.9. The molecule has 0 saturated carbocycles. The normalized spacial score (nSPS) is 23.5. The Morgan fingerprint density at radius 3 is 2.68 bits per heavy atom. The Kier molecular flexibility index (Phi) is 8.67. The fourth-order valence-corrected chi connectivity index (χ4v) is 3.10. The standard InChI is InChI=1S/C16H34N2O/c1-4-9-17-16(8-12-19)13-18-10-5-6-15(7-11-18)14(2)3/h14-17,19H,4-13H2,1-3H3. The Morgan fingerprint density at radius 1 is 1.26 bits per heavy atom. The van der Waals surface area contributed by atoms with Crippen molar-refractivity contribution in [3.8, 4) is 0 Å². The van der Waals surface area contributed by atoms with Crippen LogP contribution in [0.15, 0.2) is 0 Å². The predicted octanol–water partition coefficient (Wildman–Crippen LogP) is 2.50. The van der Waals surface area contributed by atoms with Gasteiger partial charge in [0.1, 0.15) is 0 Å². The predicted molar refractivity (Wildman–Crippen MR) is 82.4 cm³/mol. The molecule has 1 rings (SSSR count). The first-order valence-corrected chi connectivity index (χ1v) is 8.24. The number of likely N-dealkylation sites (tertiary alicyclic amines) is 1. The second kappa shape index (κ2) is 9.73. The second-order valence-corrected chi connectivity index (χ2v) is 6.40. The molecule has 1 saturated heterocycles. The first-order valence-electron chi connectivity index (χ1n) is 8.24. The topological polar surface area (TPSA) is 35.5 Å². The van der Waals surface area contributed by atoms with Gasteiger partial charge in [-0.15, -0.1) is 0 Å². The van der Waals surface area contributed by atoms with E-state index in [1.807, 2.05) is 0 Å². The zero-order valence-electron chi connectivity index (χ0n) is 13.2. The van der Waals surface area contributed by atoms with Crippen molar-refractivity contribution >= 4 is 0 Å². The van der Waals surface area contributed by atoms with Gasteiger partial charge in [-0.2, -0.15) is 0 Å². The van der Waals surface area contributed by atoms with Gasteiger partial charge in [0.2, 0.25) is 0 Å². The molecule has 1 aliphatic rings. The highest BCUT2D eigenvalue weighted by molar-refractivity contribution is 4.77. The molecule has 3 heteroatoms. The van der Waals surface area contributed by atoms with Crippen LogP contribution in [0.1, 0.15) is 52.9 Å². The first-order chi connectivity index (χ1) is 9.17. The summed E-state index contributed by atoms with van der Waals surface area (Å²) in [5.41, 5.74) is 0. The van der Waals surface area contributed by atoms with Crippen molar-refractivity contribution in [2.45, 2.75) is 58.9 Å². The van der Waals surface area contributed by atoms with Crippen LogP contribution in [0.2, 0.25) is 0 Å². The zero-order valence-corrected chi connectivity index (χ0v) is 13.2. The summed E-state index contributed by atoms with van der Waals surface area (Å²) in [4.78, 5) is 2.60. The van der Waals surface area contributed by atoms with E-state index in [1.54, 1.807) is 0 Å². The van der Waals surface area contributed by atoms with Crippen LogP contribution in [0.4, 0.5) is 0 Å². The average molecular weight is 270 g/mol. The van der Waals surface area contributed by atoms with Crippen molar-refractivity contribution in [3.63, 3.8) is 0 Å². The Bertz CT molecular complexity index is 221. The molecule has 1 fully saturated rings. The zero-order chi connectivity index (χ0) is 14.1. The van der Waals surface area contributed by atoms with Crippen LogP contribution in [0, 0.1) is 11.8 Å². The molecule has 114 valence electrons. The Morgan fingerprint density at radius 2 is 2.05 bits per heavy atom. The van der Waals surface area contributed by atoms with Crippen LogP contribution in [-0.2, 0) is 0 Å². The van der Waals surface area contributed by atoms with Crippen molar-refractivity contribution in [3.05, 3.63) is 0 Å². The molecule has 0 radical (unpaired) electrons. The highest BCUT2D eigenvalue weighted by Crippen LogP contribution is 2.24. The molecule has 1 heterocycles. The fraction of sp³-hybridized carbons (Fsp3) is 1.00. The summed E-state index contributed by atoms with van der Waals surface area (Å²) in [6, 6.07) is 0.459. The number of hydrogen-bond acceptors (Lipinski definition) is 3. The SMILES string of the molecule is CCCNC(CCO)CN1CCCC(C(C)C)CC1. The van der Waals surface area contributed by atoms with E-state index < -0.39 is 0 Å². The van der Waals surface area contributed by atoms with Gasteiger partial charge in [-0.3, -0.25) is 0 Å². The summed E-state index contributed by atoms with van der Waals surface area (Å²) in [6.07, 6.45) is 6.11. The van der Waals surface area contributed by atoms with Crippen LogP contribution in [0.5, 0.6) is 0 Å². The van der Waals surface area contributed by atoms with E-state index in [1.165, 1.54) is 32.4 Å². The van der Waals surface area contributed by atoms with Crippen molar-refractivity contribution in [2.24, 2.45) is 11.8 Å². The van der Waals surface area contributed by atoms with Gasteiger partial charge in [-0.25, -0.2) is 0 Å². The lowest BCUT2D eigenvalue weighted by Gasteiger charge is -2.27. The molecule has 2 unspecified atom stereocenters. The van der Waals surface area contributed by atoms with Crippen LogP contribution in [0.25, 0.3) is 0 Å². The van der Waals surface area contributed by atoms with Gasteiger partial charge in [0.05, 0.1) is 0 Å². The lowest BCUT2D eigenvalue weighted by Crippen LogP contribution is -2.42. The summed E-state index contributed by atoms with van der Waals surface area (Å²) in [6.45, 7) is 11.8. The quantitative estimate of drug-likeness (QED) is 0.711. The number of hydrogen-bond donors (Lipinski definition) is 2. The lowest BCUT2D eigenvalue weighted by molar-refractivity contribution is 0.208. The van der Waals surface area contributed by atoms with Crippen LogP contribution >= 0.6 is 0 Å². The number of rotatable bonds is 8. The summed E-state index contributed by atoms with van der Waals surface area (Å²) < 4.78 is 0.